The lowest BCUT2D eigenvalue weighted by molar-refractivity contribution is -0.132. The molecule has 4 rings (SSSR count). The first-order valence-corrected chi connectivity index (χ1v) is 10.7. The zero-order valence-corrected chi connectivity index (χ0v) is 18.1. The van der Waals surface area contributed by atoms with Crippen LogP contribution in [0.1, 0.15) is 41.5 Å². The van der Waals surface area contributed by atoms with Crippen molar-refractivity contribution in [2.45, 2.75) is 45.6 Å². The van der Waals surface area contributed by atoms with E-state index in [-0.39, 0.29) is 24.7 Å². The van der Waals surface area contributed by atoms with Gasteiger partial charge in [-0.25, -0.2) is 4.68 Å². The molecule has 0 unspecified atom stereocenters. The van der Waals surface area contributed by atoms with Gasteiger partial charge in [0.1, 0.15) is 0 Å². The summed E-state index contributed by atoms with van der Waals surface area (Å²) in [5.41, 5.74) is 6.61. The Morgan fingerprint density at radius 2 is 1.90 bits per heavy atom. The average molecular weight is 417 g/mol. The Morgan fingerprint density at radius 3 is 2.74 bits per heavy atom. The lowest BCUT2D eigenvalue weighted by atomic mass is 10.1. The Hall–Kier alpha value is -3.41. The van der Waals surface area contributed by atoms with Crippen LogP contribution in [-0.2, 0) is 29.0 Å². The number of amides is 2. The summed E-state index contributed by atoms with van der Waals surface area (Å²) in [6.07, 6.45) is 7.43. The number of fused-ring (bicyclic) bond motifs is 1. The predicted octanol–water partition coefficient (Wildman–Crippen LogP) is 4.05. The van der Waals surface area contributed by atoms with Crippen molar-refractivity contribution in [2.75, 3.05) is 12.4 Å². The normalized spacial score (nSPS) is 12.5. The van der Waals surface area contributed by atoms with Gasteiger partial charge in [0.05, 0.1) is 11.9 Å². The molecule has 2 aromatic carbocycles. The van der Waals surface area contributed by atoms with Gasteiger partial charge in [0.25, 0.3) is 0 Å². The maximum Gasteiger partial charge on any atom is 0.224 e. The number of aryl methyl sites for hydroxylation is 3. The highest BCUT2D eigenvalue weighted by molar-refractivity contribution is 5.93. The Labute approximate surface area is 182 Å². The summed E-state index contributed by atoms with van der Waals surface area (Å²) < 4.78 is 1.83. The number of hydrogen-bond donors (Lipinski definition) is 1. The molecule has 0 saturated carbocycles. The number of anilines is 1. The van der Waals surface area contributed by atoms with Crippen molar-refractivity contribution in [3.63, 3.8) is 0 Å². The minimum Gasteiger partial charge on any atom is -0.341 e. The molecule has 1 aromatic heterocycles. The molecule has 2 amide bonds. The van der Waals surface area contributed by atoms with E-state index in [1.165, 1.54) is 17.5 Å². The van der Waals surface area contributed by atoms with Crippen molar-refractivity contribution in [3.05, 3.63) is 77.1 Å². The van der Waals surface area contributed by atoms with Crippen molar-refractivity contribution in [1.29, 1.82) is 0 Å². The standard InChI is InChI=1S/C25H28N4O2/c1-18-6-3-4-9-23(18)29-17-19(15-26-29)16-28(2)25(31)13-12-24(30)27-22-11-10-20-7-5-8-21(20)14-22/h3-4,6,9-11,14-15,17H,5,7-8,12-13,16H2,1-2H3,(H,27,30). The van der Waals surface area contributed by atoms with Crippen molar-refractivity contribution in [2.24, 2.45) is 0 Å². The molecular weight excluding hydrogens is 388 g/mol. The first kappa shape index (κ1) is 20.8. The second-order valence-electron chi connectivity index (χ2n) is 8.21. The van der Waals surface area contributed by atoms with Crippen LogP contribution in [0.3, 0.4) is 0 Å². The molecular formula is C25H28N4O2. The first-order chi connectivity index (χ1) is 15.0. The van der Waals surface area contributed by atoms with Gasteiger partial charge in [-0.1, -0.05) is 24.3 Å². The molecule has 3 aromatic rings. The van der Waals surface area contributed by atoms with Gasteiger partial charge in [-0.05, 0) is 61.1 Å². The first-order valence-electron chi connectivity index (χ1n) is 10.7. The van der Waals surface area contributed by atoms with E-state index in [0.717, 1.165) is 35.3 Å². The summed E-state index contributed by atoms with van der Waals surface area (Å²) in [4.78, 5) is 26.4. The minimum atomic E-state index is -0.132. The van der Waals surface area contributed by atoms with Crippen LogP contribution in [0, 0.1) is 6.92 Å². The Kier molecular flexibility index (Phi) is 6.16. The lowest BCUT2D eigenvalue weighted by Crippen LogP contribution is -2.27. The molecule has 6 heteroatoms. The molecule has 160 valence electrons. The maximum absolute atomic E-state index is 12.5. The smallest absolute Gasteiger partial charge is 0.224 e. The number of hydrogen-bond acceptors (Lipinski definition) is 3. The summed E-state index contributed by atoms with van der Waals surface area (Å²) in [5.74, 6) is -0.195. The highest BCUT2D eigenvalue weighted by atomic mass is 16.2. The molecule has 0 bridgehead atoms. The SMILES string of the molecule is Cc1ccccc1-n1cc(CN(C)C(=O)CCC(=O)Nc2ccc3c(c2)CCC3)cn1. The van der Waals surface area contributed by atoms with Crippen molar-refractivity contribution < 1.29 is 9.59 Å². The molecule has 1 aliphatic rings. The van der Waals surface area contributed by atoms with Gasteiger partial charge in [0.15, 0.2) is 0 Å². The summed E-state index contributed by atoms with van der Waals surface area (Å²) in [6.45, 7) is 2.50. The molecule has 0 atom stereocenters. The molecule has 0 fully saturated rings. The third-order valence-electron chi connectivity index (χ3n) is 5.79. The maximum atomic E-state index is 12.5. The molecule has 1 N–H and O–H groups in total. The number of benzene rings is 2. The highest BCUT2D eigenvalue weighted by Gasteiger charge is 2.15. The minimum absolute atomic E-state index is 0.0623. The number of para-hydroxylation sites is 1. The lowest BCUT2D eigenvalue weighted by Gasteiger charge is -2.16. The fourth-order valence-corrected chi connectivity index (χ4v) is 4.04. The third-order valence-corrected chi connectivity index (χ3v) is 5.79. The fraction of sp³-hybridized carbons (Fsp3) is 0.320. The van der Waals surface area contributed by atoms with E-state index >= 15 is 0 Å². The number of nitrogens with zero attached hydrogens (tertiary/aromatic N) is 3. The monoisotopic (exact) mass is 416 g/mol. The quantitative estimate of drug-likeness (QED) is 0.632. The largest absolute Gasteiger partial charge is 0.341 e. The zero-order valence-electron chi connectivity index (χ0n) is 18.1. The number of carbonyl (C=O) groups excluding carboxylic acids is 2. The molecule has 0 aliphatic heterocycles. The van der Waals surface area contributed by atoms with Crippen LogP contribution in [0.15, 0.2) is 54.9 Å². The Morgan fingerprint density at radius 1 is 1.10 bits per heavy atom. The van der Waals surface area contributed by atoms with Gasteiger partial charge in [-0.3, -0.25) is 9.59 Å². The molecule has 0 saturated heterocycles. The second-order valence-corrected chi connectivity index (χ2v) is 8.21. The van der Waals surface area contributed by atoms with E-state index in [0.29, 0.717) is 6.54 Å². The van der Waals surface area contributed by atoms with Gasteiger partial charge < -0.3 is 10.2 Å². The van der Waals surface area contributed by atoms with Crippen LogP contribution in [-0.4, -0.2) is 33.5 Å². The number of carbonyl (C=O) groups is 2. The molecule has 1 heterocycles. The molecule has 6 nitrogen and oxygen atoms in total. The van der Waals surface area contributed by atoms with E-state index in [1.807, 2.05) is 48.1 Å². The number of aromatic nitrogens is 2. The van der Waals surface area contributed by atoms with Gasteiger partial charge in [0, 0.05) is 43.9 Å². The van der Waals surface area contributed by atoms with Crippen molar-refractivity contribution >= 4 is 17.5 Å². The summed E-state index contributed by atoms with van der Waals surface area (Å²) >= 11 is 0. The molecule has 0 radical (unpaired) electrons. The molecule has 1 aliphatic carbocycles. The van der Waals surface area contributed by atoms with E-state index in [1.54, 1.807) is 18.1 Å². The molecule has 0 spiro atoms. The van der Waals surface area contributed by atoms with E-state index in [9.17, 15) is 9.59 Å². The average Bonchev–Trinajstić information content (AvgIpc) is 3.41. The van der Waals surface area contributed by atoms with Crippen LogP contribution in [0.2, 0.25) is 0 Å². The van der Waals surface area contributed by atoms with E-state index < -0.39 is 0 Å². The van der Waals surface area contributed by atoms with Gasteiger partial charge in [-0.15, -0.1) is 0 Å². The van der Waals surface area contributed by atoms with Crippen molar-refractivity contribution in [1.82, 2.24) is 14.7 Å². The van der Waals surface area contributed by atoms with Crippen LogP contribution in [0.5, 0.6) is 0 Å². The summed E-state index contributed by atoms with van der Waals surface area (Å²) in [5, 5.41) is 7.34. The summed E-state index contributed by atoms with van der Waals surface area (Å²) in [7, 11) is 1.76. The van der Waals surface area contributed by atoms with E-state index in [4.69, 9.17) is 0 Å². The second kappa shape index (κ2) is 9.16. The topological polar surface area (TPSA) is 67.2 Å². The Balaban J connectivity index is 1.27. The van der Waals surface area contributed by atoms with Crippen LogP contribution in [0.25, 0.3) is 5.69 Å². The van der Waals surface area contributed by atoms with Crippen LogP contribution in [0.4, 0.5) is 5.69 Å². The van der Waals surface area contributed by atoms with Crippen LogP contribution < -0.4 is 5.32 Å². The number of rotatable bonds is 7. The van der Waals surface area contributed by atoms with E-state index in [2.05, 4.69) is 22.5 Å². The number of nitrogens with one attached hydrogen (secondary N) is 1. The van der Waals surface area contributed by atoms with Gasteiger partial charge >= 0.3 is 0 Å². The summed E-state index contributed by atoms with van der Waals surface area (Å²) in [6, 6.07) is 14.1. The van der Waals surface area contributed by atoms with Gasteiger partial charge in [-0.2, -0.15) is 5.10 Å². The van der Waals surface area contributed by atoms with Crippen LogP contribution >= 0.6 is 0 Å². The molecule has 31 heavy (non-hydrogen) atoms. The third kappa shape index (κ3) is 5.02. The fourth-order valence-electron chi connectivity index (χ4n) is 4.04. The predicted molar refractivity (Wildman–Crippen MR) is 121 cm³/mol. The highest BCUT2D eigenvalue weighted by Crippen LogP contribution is 2.25. The van der Waals surface area contributed by atoms with Crippen molar-refractivity contribution in [3.8, 4) is 5.69 Å². The Bertz CT molecular complexity index is 1100. The van der Waals surface area contributed by atoms with Gasteiger partial charge in [0.2, 0.25) is 11.8 Å². The zero-order chi connectivity index (χ0) is 21.8.